The zero-order valence-electron chi connectivity index (χ0n) is 17.2. The minimum absolute atomic E-state index is 0.0894. The molecule has 0 spiro atoms. The van der Waals surface area contributed by atoms with Crippen molar-refractivity contribution in [2.75, 3.05) is 25.1 Å². The van der Waals surface area contributed by atoms with Gasteiger partial charge in [-0.1, -0.05) is 20.8 Å². The molecule has 1 N–H and O–H groups in total. The molecule has 6 nitrogen and oxygen atoms in total. The van der Waals surface area contributed by atoms with Crippen LogP contribution in [0.4, 0.5) is 5.82 Å². The summed E-state index contributed by atoms with van der Waals surface area (Å²) in [5.74, 6) is 2.45. The third-order valence-electron chi connectivity index (χ3n) is 5.47. The molecule has 1 saturated heterocycles. The van der Waals surface area contributed by atoms with E-state index in [1.807, 2.05) is 12.3 Å². The summed E-state index contributed by atoms with van der Waals surface area (Å²) >= 11 is 0. The van der Waals surface area contributed by atoms with Crippen molar-refractivity contribution < 1.29 is 4.74 Å². The van der Waals surface area contributed by atoms with Crippen molar-refractivity contribution in [2.45, 2.75) is 51.6 Å². The van der Waals surface area contributed by atoms with E-state index in [9.17, 15) is 0 Å². The summed E-state index contributed by atoms with van der Waals surface area (Å²) in [5.41, 5.74) is 3.23. The number of pyridine rings is 1. The predicted molar refractivity (Wildman–Crippen MR) is 112 cm³/mol. The van der Waals surface area contributed by atoms with Gasteiger partial charge in [-0.05, 0) is 36.5 Å². The zero-order chi connectivity index (χ0) is 19.7. The van der Waals surface area contributed by atoms with E-state index in [2.05, 4.69) is 54.0 Å². The van der Waals surface area contributed by atoms with Crippen molar-refractivity contribution in [1.82, 2.24) is 19.9 Å². The topological polar surface area (TPSA) is 66.9 Å². The molecular formula is C22H29N5O. The van der Waals surface area contributed by atoms with Crippen molar-refractivity contribution in [1.29, 1.82) is 0 Å². The minimum Gasteiger partial charge on any atom is -0.378 e. The number of aromatic nitrogens is 4. The molecule has 28 heavy (non-hydrogen) atoms. The Balaban J connectivity index is 1.54. The third kappa shape index (κ3) is 3.74. The van der Waals surface area contributed by atoms with Gasteiger partial charge in [0, 0.05) is 49.5 Å². The summed E-state index contributed by atoms with van der Waals surface area (Å²) in [7, 11) is 1.71. The molecule has 6 heteroatoms. The van der Waals surface area contributed by atoms with Crippen LogP contribution in [0.3, 0.4) is 0 Å². The SMILES string of the molecule is COCc1cc(N2CCC(c3c[nH]c4ncccc34)CC2)nc(C(C)(C)C)n1. The molecule has 0 unspecified atom stereocenters. The Morgan fingerprint density at radius 1 is 1.21 bits per heavy atom. The number of piperidine rings is 1. The Morgan fingerprint density at radius 2 is 2.00 bits per heavy atom. The first kappa shape index (κ1) is 18.9. The van der Waals surface area contributed by atoms with Crippen molar-refractivity contribution in [3.63, 3.8) is 0 Å². The molecule has 4 rings (SSSR count). The fraction of sp³-hybridized carbons (Fsp3) is 0.500. The highest BCUT2D eigenvalue weighted by molar-refractivity contribution is 5.80. The van der Waals surface area contributed by atoms with Crippen LogP contribution in [0, 0.1) is 0 Å². The monoisotopic (exact) mass is 379 g/mol. The number of anilines is 1. The molecule has 0 saturated carbocycles. The lowest BCUT2D eigenvalue weighted by molar-refractivity contribution is 0.181. The van der Waals surface area contributed by atoms with Crippen LogP contribution in [-0.4, -0.2) is 40.1 Å². The van der Waals surface area contributed by atoms with Gasteiger partial charge in [-0.25, -0.2) is 15.0 Å². The number of nitrogens with one attached hydrogen (secondary N) is 1. The zero-order valence-corrected chi connectivity index (χ0v) is 17.2. The maximum atomic E-state index is 5.33. The van der Waals surface area contributed by atoms with Crippen molar-refractivity contribution in [3.8, 4) is 0 Å². The van der Waals surface area contributed by atoms with Crippen LogP contribution in [0.1, 0.15) is 56.6 Å². The van der Waals surface area contributed by atoms with Crippen LogP contribution in [-0.2, 0) is 16.8 Å². The van der Waals surface area contributed by atoms with E-state index in [4.69, 9.17) is 14.7 Å². The number of ether oxygens (including phenoxy) is 1. The number of fused-ring (bicyclic) bond motifs is 1. The first-order valence-electron chi connectivity index (χ1n) is 10.00. The fourth-order valence-corrected chi connectivity index (χ4v) is 3.94. The summed E-state index contributed by atoms with van der Waals surface area (Å²) in [4.78, 5) is 19.7. The molecule has 3 aromatic heterocycles. The highest BCUT2D eigenvalue weighted by Gasteiger charge is 2.26. The van der Waals surface area contributed by atoms with Gasteiger partial charge in [0.05, 0.1) is 12.3 Å². The first-order valence-corrected chi connectivity index (χ1v) is 10.00. The van der Waals surface area contributed by atoms with Crippen molar-refractivity contribution in [2.24, 2.45) is 0 Å². The maximum Gasteiger partial charge on any atom is 0.137 e. The second-order valence-electron chi connectivity index (χ2n) is 8.63. The van der Waals surface area contributed by atoms with Gasteiger partial charge in [0.15, 0.2) is 0 Å². The summed E-state index contributed by atoms with van der Waals surface area (Å²) in [6, 6.07) is 6.26. The van der Waals surface area contributed by atoms with Gasteiger partial charge in [-0.2, -0.15) is 0 Å². The number of methoxy groups -OCH3 is 1. The molecule has 3 aromatic rings. The van der Waals surface area contributed by atoms with Gasteiger partial charge < -0.3 is 14.6 Å². The van der Waals surface area contributed by atoms with Crippen LogP contribution in [0.5, 0.6) is 0 Å². The van der Waals surface area contributed by atoms with Gasteiger partial charge in [-0.3, -0.25) is 0 Å². The Hall–Kier alpha value is -2.47. The van der Waals surface area contributed by atoms with Crippen LogP contribution in [0.2, 0.25) is 0 Å². The molecule has 1 aliphatic heterocycles. The number of nitrogens with zero attached hydrogens (tertiary/aromatic N) is 4. The van der Waals surface area contributed by atoms with E-state index in [1.165, 1.54) is 10.9 Å². The average molecular weight is 380 g/mol. The van der Waals surface area contributed by atoms with E-state index in [-0.39, 0.29) is 5.41 Å². The predicted octanol–water partition coefficient (Wildman–Crippen LogP) is 4.18. The summed E-state index contributed by atoms with van der Waals surface area (Å²) in [6.07, 6.45) is 6.19. The van der Waals surface area contributed by atoms with Gasteiger partial charge in [0.2, 0.25) is 0 Å². The molecule has 0 aromatic carbocycles. The molecule has 0 atom stereocenters. The van der Waals surface area contributed by atoms with E-state index in [0.717, 1.165) is 48.9 Å². The van der Waals surface area contributed by atoms with E-state index in [1.54, 1.807) is 7.11 Å². The standard InChI is InChI=1S/C22H29N5O/c1-22(2,3)21-25-16(14-28-4)12-19(26-21)27-10-7-15(8-11-27)18-13-24-20-17(18)6-5-9-23-20/h5-6,9,12-13,15H,7-8,10-11,14H2,1-4H3,(H,23,24). The Morgan fingerprint density at radius 3 is 2.71 bits per heavy atom. The van der Waals surface area contributed by atoms with Crippen LogP contribution < -0.4 is 4.90 Å². The third-order valence-corrected chi connectivity index (χ3v) is 5.47. The number of H-pyrrole nitrogens is 1. The van der Waals surface area contributed by atoms with Gasteiger partial charge in [0.25, 0.3) is 0 Å². The summed E-state index contributed by atoms with van der Waals surface area (Å²) in [6.45, 7) is 8.95. The maximum absolute atomic E-state index is 5.33. The second kappa shape index (κ2) is 7.51. The number of rotatable bonds is 4. The number of hydrogen-bond acceptors (Lipinski definition) is 5. The number of hydrogen-bond donors (Lipinski definition) is 1. The highest BCUT2D eigenvalue weighted by Crippen LogP contribution is 2.34. The first-order chi connectivity index (χ1) is 13.5. The van der Waals surface area contributed by atoms with E-state index in [0.29, 0.717) is 12.5 Å². The normalized spacial score (nSPS) is 16.1. The van der Waals surface area contributed by atoms with Gasteiger partial charge in [-0.15, -0.1) is 0 Å². The highest BCUT2D eigenvalue weighted by atomic mass is 16.5. The van der Waals surface area contributed by atoms with E-state index >= 15 is 0 Å². The molecule has 0 aliphatic carbocycles. The Kier molecular flexibility index (Phi) is 5.06. The van der Waals surface area contributed by atoms with Crippen LogP contribution >= 0.6 is 0 Å². The lowest BCUT2D eigenvalue weighted by Crippen LogP contribution is -2.34. The van der Waals surface area contributed by atoms with E-state index < -0.39 is 0 Å². The van der Waals surface area contributed by atoms with Crippen molar-refractivity contribution >= 4 is 16.9 Å². The van der Waals surface area contributed by atoms with Crippen LogP contribution in [0.15, 0.2) is 30.6 Å². The minimum atomic E-state index is -0.0894. The molecule has 0 radical (unpaired) electrons. The van der Waals surface area contributed by atoms with Crippen LogP contribution in [0.25, 0.3) is 11.0 Å². The molecule has 4 heterocycles. The Labute approximate surface area is 166 Å². The van der Waals surface area contributed by atoms with Gasteiger partial charge in [0.1, 0.15) is 17.3 Å². The molecule has 1 aliphatic rings. The number of aromatic amines is 1. The lowest BCUT2D eigenvalue weighted by Gasteiger charge is -2.33. The van der Waals surface area contributed by atoms with Gasteiger partial charge >= 0.3 is 0 Å². The summed E-state index contributed by atoms with van der Waals surface area (Å²) in [5, 5.41) is 1.25. The second-order valence-corrected chi connectivity index (χ2v) is 8.63. The molecule has 0 bridgehead atoms. The Bertz CT molecular complexity index is 951. The smallest absolute Gasteiger partial charge is 0.137 e. The fourth-order valence-electron chi connectivity index (χ4n) is 3.94. The quantitative estimate of drug-likeness (QED) is 0.736. The summed E-state index contributed by atoms with van der Waals surface area (Å²) < 4.78 is 5.33. The largest absolute Gasteiger partial charge is 0.378 e. The van der Waals surface area contributed by atoms with Crippen molar-refractivity contribution in [3.05, 3.63) is 47.7 Å². The molecule has 0 amide bonds. The molecular weight excluding hydrogens is 350 g/mol. The molecule has 148 valence electrons. The lowest BCUT2D eigenvalue weighted by atomic mass is 9.89. The average Bonchev–Trinajstić information content (AvgIpc) is 3.12. The molecule has 1 fully saturated rings.